The topological polar surface area (TPSA) is 63.6 Å². The van der Waals surface area contributed by atoms with Crippen molar-refractivity contribution in [2.75, 3.05) is 6.61 Å². The first kappa shape index (κ1) is 21.7. The second-order valence-electron chi connectivity index (χ2n) is 9.49. The summed E-state index contributed by atoms with van der Waals surface area (Å²) in [6.45, 7) is 14.0. The van der Waals surface area contributed by atoms with Crippen LogP contribution in [0.15, 0.2) is 23.8 Å². The molecule has 0 aromatic carbocycles. The van der Waals surface area contributed by atoms with Crippen LogP contribution in [0.1, 0.15) is 79.1 Å². The first-order valence-corrected chi connectivity index (χ1v) is 10.3. The summed E-state index contributed by atoms with van der Waals surface area (Å²) in [6, 6.07) is 0. The van der Waals surface area contributed by atoms with Gasteiger partial charge in [-0.05, 0) is 74.2 Å². The zero-order valence-electron chi connectivity index (χ0n) is 17.5. The van der Waals surface area contributed by atoms with E-state index in [1.807, 2.05) is 6.08 Å². The molecule has 0 heterocycles. The second kappa shape index (κ2) is 8.62. The van der Waals surface area contributed by atoms with Crippen LogP contribution in [0.2, 0.25) is 0 Å². The standard InChI is InChI=1S/C23H36O4/c1-16(11-14-27-21(26)15-20(24)25)7-9-18-17(2)8-10-19-22(3,4)12-6-13-23(18,19)5/h11,18-19H,2,6-10,12-15H2,1,3-5H3,(H,24,25)/b16-11+/t18-,19-,23+/m1/s1. The Balaban J connectivity index is 1.94. The van der Waals surface area contributed by atoms with Crippen LogP contribution in [0.5, 0.6) is 0 Å². The van der Waals surface area contributed by atoms with Crippen molar-refractivity contribution in [2.24, 2.45) is 22.7 Å². The van der Waals surface area contributed by atoms with Crippen molar-refractivity contribution in [2.45, 2.75) is 79.1 Å². The molecule has 0 aromatic heterocycles. The molecule has 2 aliphatic rings. The van der Waals surface area contributed by atoms with E-state index >= 15 is 0 Å². The molecule has 152 valence electrons. The quantitative estimate of drug-likeness (QED) is 0.360. The largest absolute Gasteiger partial charge is 0.481 e. The molecule has 2 saturated carbocycles. The number of rotatable bonds is 7. The monoisotopic (exact) mass is 376 g/mol. The predicted molar refractivity (Wildman–Crippen MR) is 107 cm³/mol. The van der Waals surface area contributed by atoms with Crippen LogP contribution in [0.4, 0.5) is 0 Å². The number of hydrogen-bond donors (Lipinski definition) is 1. The smallest absolute Gasteiger partial charge is 0.317 e. The molecule has 1 N–H and O–H groups in total. The summed E-state index contributed by atoms with van der Waals surface area (Å²) in [5.74, 6) is -0.536. The number of carbonyl (C=O) groups is 2. The van der Waals surface area contributed by atoms with E-state index in [0.29, 0.717) is 16.7 Å². The fourth-order valence-electron chi connectivity index (χ4n) is 5.73. The number of carbonyl (C=O) groups excluding carboxylic acids is 1. The van der Waals surface area contributed by atoms with Crippen molar-refractivity contribution >= 4 is 11.9 Å². The van der Waals surface area contributed by atoms with Crippen molar-refractivity contribution in [1.29, 1.82) is 0 Å². The SMILES string of the molecule is C=C1CC[C@@H]2C(C)(C)CCC[C@@]2(C)[C@@H]1CC/C(C)=C/COC(=O)CC(=O)O. The predicted octanol–water partition coefficient (Wildman–Crippen LogP) is 5.53. The third kappa shape index (κ3) is 5.24. The van der Waals surface area contributed by atoms with E-state index in [0.717, 1.165) is 25.2 Å². The molecule has 0 unspecified atom stereocenters. The normalized spacial score (nSPS) is 30.5. The van der Waals surface area contributed by atoms with Crippen molar-refractivity contribution in [3.05, 3.63) is 23.8 Å². The van der Waals surface area contributed by atoms with E-state index in [4.69, 9.17) is 9.84 Å². The van der Waals surface area contributed by atoms with Gasteiger partial charge in [-0.2, -0.15) is 0 Å². The Bertz CT molecular complexity index is 616. The van der Waals surface area contributed by atoms with Gasteiger partial charge in [0.25, 0.3) is 0 Å². The number of hydrogen-bond acceptors (Lipinski definition) is 3. The van der Waals surface area contributed by atoms with Gasteiger partial charge < -0.3 is 9.84 Å². The van der Waals surface area contributed by atoms with E-state index in [1.54, 1.807) is 0 Å². The summed E-state index contributed by atoms with van der Waals surface area (Å²) >= 11 is 0. The molecule has 0 spiro atoms. The second-order valence-corrected chi connectivity index (χ2v) is 9.49. The van der Waals surface area contributed by atoms with Gasteiger partial charge in [0, 0.05) is 0 Å². The van der Waals surface area contributed by atoms with Crippen LogP contribution < -0.4 is 0 Å². The van der Waals surface area contributed by atoms with Crippen molar-refractivity contribution in [1.82, 2.24) is 0 Å². The van der Waals surface area contributed by atoms with Gasteiger partial charge in [-0.1, -0.05) is 44.9 Å². The first-order chi connectivity index (χ1) is 12.6. The number of carboxylic acid groups (broad SMARTS) is 1. The third-order valence-corrected chi connectivity index (χ3v) is 7.12. The zero-order chi connectivity index (χ0) is 20.2. The van der Waals surface area contributed by atoms with Crippen LogP contribution in [0.25, 0.3) is 0 Å². The van der Waals surface area contributed by atoms with Crippen molar-refractivity contribution < 1.29 is 19.4 Å². The van der Waals surface area contributed by atoms with Gasteiger partial charge in [0.1, 0.15) is 13.0 Å². The number of fused-ring (bicyclic) bond motifs is 1. The maximum Gasteiger partial charge on any atom is 0.317 e. The van der Waals surface area contributed by atoms with Gasteiger partial charge in [0.2, 0.25) is 0 Å². The Morgan fingerprint density at radius 2 is 2.00 bits per heavy atom. The van der Waals surface area contributed by atoms with E-state index in [9.17, 15) is 9.59 Å². The lowest BCUT2D eigenvalue weighted by molar-refractivity contribution is -0.150. The molecule has 2 aliphatic carbocycles. The lowest BCUT2D eigenvalue weighted by Crippen LogP contribution is -2.49. The highest BCUT2D eigenvalue weighted by Crippen LogP contribution is 2.61. The highest BCUT2D eigenvalue weighted by atomic mass is 16.5. The molecule has 0 radical (unpaired) electrons. The molecule has 2 rings (SSSR count). The first-order valence-electron chi connectivity index (χ1n) is 10.3. The molecule has 27 heavy (non-hydrogen) atoms. The van der Waals surface area contributed by atoms with Gasteiger partial charge in [0.15, 0.2) is 0 Å². The molecule has 0 aliphatic heterocycles. The molecule has 0 saturated heterocycles. The Labute approximate surface area is 164 Å². The number of ether oxygens (including phenoxy) is 1. The van der Waals surface area contributed by atoms with Gasteiger partial charge in [0.05, 0.1) is 0 Å². The van der Waals surface area contributed by atoms with E-state index in [-0.39, 0.29) is 6.61 Å². The average Bonchev–Trinajstić information content (AvgIpc) is 2.52. The Morgan fingerprint density at radius 3 is 2.67 bits per heavy atom. The minimum atomic E-state index is -1.16. The minimum Gasteiger partial charge on any atom is -0.481 e. The highest BCUT2D eigenvalue weighted by molar-refractivity contribution is 5.90. The maximum absolute atomic E-state index is 11.3. The maximum atomic E-state index is 11.3. The molecular weight excluding hydrogens is 340 g/mol. The van der Waals surface area contributed by atoms with Gasteiger partial charge in [-0.25, -0.2) is 0 Å². The fourth-order valence-corrected chi connectivity index (χ4v) is 5.73. The molecular formula is C23H36O4. The average molecular weight is 377 g/mol. The lowest BCUT2D eigenvalue weighted by atomic mass is 9.47. The Hall–Kier alpha value is -1.58. The van der Waals surface area contributed by atoms with Gasteiger partial charge in [-0.15, -0.1) is 0 Å². The number of aliphatic carboxylic acids is 1. The summed E-state index contributed by atoms with van der Waals surface area (Å²) in [4.78, 5) is 21.8. The zero-order valence-corrected chi connectivity index (χ0v) is 17.5. The Morgan fingerprint density at radius 1 is 1.30 bits per heavy atom. The summed E-state index contributed by atoms with van der Waals surface area (Å²) in [7, 11) is 0. The van der Waals surface area contributed by atoms with Crippen LogP contribution >= 0.6 is 0 Å². The van der Waals surface area contributed by atoms with E-state index < -0.39 is 18.4 Å². The highest BCUT2D eigenvalue weighted by Gasteiger charge is 2.52. The van der Waals surface area contributed by atoms with E-state index in [1.165, 1.54) is 36.8 Å². The number of esters is 1. The van der Waals surface area contributed by atoms with Crippen LogP contribution in [-0.4, -0.2) is 23.7 Å². The van der Waals surface area contributed by atoms with Gasteiger partial charge in [-0.3, -0.25) is 9.59 Å². The fraction of sp³-hybridized carbons (Fsp3) is 0.739. The Kier molecular flexibility index (Phi) is 6.93. The van der Waals surface area contributed by atoms with Crippen LogP contribution in [0, 0.1) is 22.7 Å². The van der Waals surface area contributed by atoms with Crippen LogP contribution in [-0.2, 0) is 14.3 Å². The molecule has 4 nitrogen and oxygen atoms in total. The number of allylic oxidation sites excluding steroid dienone is 2. The molecule has 0 bridgehead atoms. The van der Waals surface area contributed by atoms with E-state index in [2.05, 4.69) is 34.3 Å². The molecule has 3 atom stereocenters. The molecule has 4 heteroatoms. The lowest BCUT2D eigenvalue weighted by Gasteiger charge is -2.58. The van der Waals surface area contributed by atoms with Crippen molar-refractivity contribution in [3.8, 4) is 0 Å². The summed E-state index contributed by atoms with van der Waals surface area (Å²) in [6.07, 6.45) is 9.71. The summed E-state index contributed by atoms with van der Waals surface area (Å²) in [5, 5.41) is 8.58. The number of carboxylic acids is 1. The van der Waals surface area contributed by atoms with Gasteiger partial charge >= 0.3 is 11.9 Å². The third-order valence-electron chi connectivity index (χ3n) is 7.12. The minimum absolute atomic E-state index is 0.149. The van der Waals surface area contributed by atoms with Crippen molar-refractivity contribution in [3.63, 3.8) is 0 Å². The molecule has 0 amide bonds. The summed E-state index contributed by atoms with van der Waals surface area (Å²) in [5.41, 5.74) is 3.35. The van der Waals surface area contributed by atoms with Crippen LogP contribution in [0.3, 0.4) is 0 Å². The molecule has 0 aromatic rings. The summed E-state index contributed by atoms with van der Waals surface area (Å²) < 4.78 is 4.96. The molecule has 2 fully saturated rings.